The molecular formula is C87H146NO8P. The number of esters is 2. The molecule has 0 bridgehead atoms. The Morgan fingerprint density at radius 2 is 0.536 bits per heavy atom. The van der Waals surface area contributed by atoms with Crippen LogP contribution in [0.3, 0.4) is 0 Å². The van der Waals surface area contributed by atoms with E-state index in [1.165, 1.54) is 173 Å². The normalized spacial score (nSPS) is 13.8. The van der Waals surface area contributed by atoms with E-state index in [1.807, 2.05) is 0 Å². The smallest absolute Gasteiger partial charge is 0.462 e. The Hall–Kier alpha value is -4.63. The molecule has 0 aliphatic rings. The van der Waals surface area contributed by atoms with Gasteiger partial charge in [0.15, 0.2) is 6.10 Å². The van der Waals surface area contributed by atoms with Gasteiger partial charge in [0.1, 0.15) is 6.61 Å². The maximum atomic E-state index is 12.8. The minimum atomic E-state index is -4.41. The minimum Gasteiger partial charge on any atom is -0.462 e. The van der Waals surface area contributed by atoms with Crippen LogP contribution >= 0.6 is 7.82 Å². The average molecular weight is 1370 g/mol. The highest BCUT2D eigenvalue weighted by molar-refractivity contribution is 7.47. The van der Waals surface area contributed by atoms with Crippen LogP contribution in [0.25, 0.3) is 0 Å². The van der Waals surface area contributed by atoms with Crippen LogP contribution in [-0.4, -0.2) is 49.3 Å². The zero-order valence-electron chi connectivity index (χ0n) is 62.3. The Morgan fingerprint density at radius 3 is 0.794 bits per heavy atom. The number of phosphoric ester groups is 1. The van der Waals surface area contributed by atoms with Gasteiger partial charge in [-0.3, -0.25) is 18.6 Å². The fraction of sp³-hybridized carbons (Fsp3) is 0.655. The van der Waals surface area contributed by atoms with Crippen molar-refractivity contribution in [1.82, 2.24) is 0 Å². The van der Waals surface area contributed by atoms with Gasteiger partial charge >= 0.3 is 19.8 Å². The lowest BCUT2D eigenvalue weighted by Gasteiger charge is -2.19. The Balaban J connectivity index is 3.85. The molecule has 0 saturated heterocycles. The quantitative estimate of drug-likeness (QED) is 0.0264. The zero-order valence-corrected chi connectivity index (χ0v) is 63.2. The van der Waals surface area contributed by atoms with Gasteiger partial charge in [0, 0.05) is 19.4 Å². The molecule has 97 heavy (non-hydrogen) atoms. The second-order valence-electron chi connectivity index (χ2n) is 25.8. The number of ether oxygens (including phenoxy) is 2. The van der Waals surface area contributed by atoms with Crippen LogP contribution in [0, 0.1) is 0 Å². The van der Waals surface area contributed by atoms with Crippen LogP contribution in [0.1, 0.15) is 335 Å². The maximum absolute atomic E-state index is 12.8. The molecule has 2 unspecified atom stereocenters. The fourth-order valence-corrected chi connectivity index (χ4v) is 11.6. The van der Waals surface area contributed by atoms with Gasteiger partial charge in [-0.25, -0.2) is 4.57 Å². The second kappa shape index (κ2) is 80.3. The van der Waals surface area contributed by atoms with Crippen molar-refractivity contribution in [3.8, 4) is 0 Å². The van der Waals surface area contributed by atoms with E-state index in [0.717, 1.165) is 128 Å². The summed E-state index contributed by atoms with van der Waals surface area (Å²) in [5.41, 5.74) is 5.42. The van der Waals surface area contributed by atoms with E-state index in [1.54, 1.807) is 0 Å². The number of rotatable bonds is 73. The molecule has 0 amide bonds. The van der Waals surface area contributed by atoms with E-state index in [2.05, 4.69) is 184 Å². The third-order valence-corrected chi connectivity index (χ3v) is 17.6. The largest absolute Gasteiger partial charge is 0.472 e. The van der Waals surface area contributed by atoms with E-state index < -0.39 is 26.5 Å². The van der Waals surface area contributed by atoms with E-state index in [4.69, 9.17) is 24.3 Å². The van der Waals surface area contributed by atoms with E-state index in [0.29, 0.717) is 6.42 Å². The van der Waals surface area contributed by atoms with Crippen LogP contribution in [0.5, 0.6) is 0 Å². The van der Waals surface area contributed by atoms with E-state index in [9.17, 15) is 19.0 Å². The number of hydrogen-bond donors (Lipinski definition) is 2. The van der Waals surface area contributed by atoms with Gasteiger partial charge in [-0.15, -0.1) is 0 Å². The van der Waals surface area contributed by atoms with Crippen LogP contribution in [-0.2, 0) is 32.7 Å². The van der Waals surface area contributed by atoms with Gasteiger partial charge in [-0.05, 0) is 128 Å². The Bertz CT molecular complexity index is 2210. The molecule has 0 heterocycles. The highest BCUT2D eigenvalue weighted by atomic mass is 31.2. The van der Waals surface area contributed by atoms with Crippen molar-refractivity contribution in [2.45, 2.75) is 341 Å². The number of carbonyl (C=O) groups excluding carboxylic acids is 2. The van der Waals surface area contributed by atoms with Gasteiger partial charge in [0.2, 0.25) is 0 Å². The molecule has 0 saturated carbocycles. The lowest BCUT2D eigenvalue weighted by molar-refractivity contribution is -0.161. The van der Waals surface area contributed by atoms with Crippen molar-refractivity contribution in [3.05, 3.63) is 170 Å². The molecule has 2 atom stereocenters. The average Bonchev–Trinajstić information content (AvgIpc) is 2.88. The highest BCUT2D eigenvalue weighted by Crippen LogP contribution is 2.43. The van der Waals surface area contributed by atoms with Gasteiger partial charge in [0.05, 0.1) is 13.2 Å². The van der Waals surface area contributed by atoms with Crippen LogP contribution in [0.2, 0.25) is 0 Å². The molecule has 552 valence electrons. The topological polar surface area (TPSA) is 134 Å². The summed E-state index contributed by atoms with van der Waals surface area (Å²) in [6.45, 7) is 3.54. The van der Waals surface area contributed by atoms with Crippen molar-refractivity contribution in [1.29, 1.82) is 0 Å². The fourth-order valence-electron chi connectivity index (χ4n) is 10.8. The summed E-state index contributed by atoms with van der Waals surface area (Å²) in [5, 5.41) is 0. The van der Waals surface area contributed by atoms with E-state index in [-0.39, 0.29) is 38.6 Å². The number of nitrogens with two attached hydrogens (primary N) is 1. The lowest BCUT2D eigenvalue weighted by atomic mass is 10.0. The SMILES string of the molecule is CC/C=C\C/C=C\C/C=C\C/C=C\C/C=C\C/C=C\C/C=C\CCCCCCCCCCCCCCCCCCCC(=O)OC(COC(=O)CCCCCCCCCCCCCCCCC/C=C\C/C=C\C/C=C\C/C=C\C/C=C\C/C=C\C/C=C\CC)COP(=O)(O)OCCN. The molecule has 0 fully saturated rings. The van der Waals surface area contributed by atoms with Crippen molar-refractivity contribution in [2.75, 3.05) is 26.4 Å². The monoisotopic (exact) mass is 1360 g/mol. The number of carbonyl (C=O) groups is 2. The van der Waals surface area contributed by atoms with Gasteiger partial charge < -0.3 is 20.1 Å². The summed E-state index contributed by atoms with van der Waals surface area (Å²) in [4.78, 5) is 35.5. The zero-order chi connectivity index (χ0) is 70.0. The predicted molar refractivity (Wildman–Crippen MR) is 422 cm³/mol. The molecule has 3 N–H and O–H groups in total. The molecule has 0 aromatic rings. The van der Waals surface area contributed by atoms with Crippen LogP contribution in [0.4, 0.5) is 0 Å². The molecule has 0 rings (SSSR count). The van der Waals surface area contributed by atoms with Crippen molar-refractivity contribution in [2.24, 2.45) is 5.73 Å². The maximum Gasteiger partial charge on any atom is 0.472 e. The third-order valence-electron chi connectivity index (χ3n) is 16.6. The van der Waals surface area contributed by atoms with Gasteiger partial charge in [-0.1, -0.05) is 364 Å². The summed E-state index contributed by atoms with van der Waals surface area (Å²) in [5.74, 6) is -0.823. The Kier molecular flexibility index (Phi) is 76.5. The van der Waals surface area contributed by atoms with Gasteiger partial charge in [-0.2, -0.15) is 0 Å². The summed E-state index contributed by atoms with van der Waals surface area (Å²) in [6, 6.07) is 0. The molecule has 0 aromatic heterocycles. The Labute approximate surface area is 597 Å². The van der Waals surface area contributed by atoms with Crippen molar-refractivity contribution < 1.29 is 37.6 Å². The summed E-state index contributed by atoms with van der Waals surface area (Å²) < 4.78 is 33.3. The summed E-state index contributed by atoms with van der Waals surface area (Å²) in [6.07, 6.45) is 119. The molecule has 10 heteroatoms. The molecule has 0 aliphatic carbocycles. The first-order valence-electron chi connectivity index (χ1n) is 39.6. The first-order chi connectivity index (χ1) is 47.8. The number of hydrogen-bond acceptors (Lipinski definition) is 8. The predicted octanol–water partition coefficient (Wildman–Crippen LogP) is 26.9. The first-order valence-corrected chi connectivity index (χ1v) is 41.1. The standard InChI is InChI=1S/C87H146NO8P/c1-3-5-7-9-11-13-15-17-19-21-23-25-27-29-31-33-35-37-39-41-42-44-46-48-50-52-54-56-58-60-62-64-66-68-70-72-74-76-78-80-87(90)96-85(84-95-97(91,92)94-82-81-88)83-93-86(89)79-77-75-73-71-69-67-65-63-61-59-57-55-53-51-49-47-45-43-40-38-36-34-32-30-28-26-24-22-20-18-16-14-12-10-8-6-4-2/h5-8,11-14,17-20,23-26,29-32,35-38,41-43,45,85H,3-4,9-10,15-16,21-22,27-28,33-34,39-40,44,46-84,88H2,1-2H3,(H,91,92)/b7-5-,8-6-,13-11-,14-12-,19-17-,20-18-,25-23-,26-24-,31-29-,32-30-,37-35-,38-36-,42-41-,45-43-. The minimum absolute atomic E-state index is 0.0486. The van der Waals surface area contributed by atoms with Crippen molar-refractivity contribution in [3.63, 3.8) is 0 Å². The lowest BCUT2D eigenvalue weighted by Crippen LogP contribution is -2.29. The molecule has 0 spiro atoms. The number of unbranched alkanes of at least 4 members (excludes halogenated alkanes) is 32. The van der Waals surface area contributed by atoms with E-state index >= 15 is 0 Å². The van der Waals surface area contributed by atoms with Crippen LogP contribution < -0.4 is 5.73 Å². The van der Waals surface area contributed by atoms with Gasteiger partial charge in [0.25, 0.3) is 0 Å². The molecule has 0 radical (unpaired) electrons. The molecule has 0 aliphatic heterocycles. The molecule has 9 nitrogen and oxygen atoms in total. The van der Waals surface area contributed by atoms with Crippen LogP contribution in [0.15, 0.2) is 170 Å². The second-order valence-corrected chi connectivity index (χ2v) is 27.3. The highest BCUT2D eigenvalue weighted by Gasteiger charge is 2.26. The summed E-state index contributed by atoms with van der Waals surface area (Å²) in [7, 11) is -4.41. The first kappa shape index (κ1) is 92.4. The summed E-state index contributed by atoms with van der Waals surface area (Å²) >= 11 is 0. The number of phosphoric acid groups is 1. The number of allylic oxidation sites excluding steroid dienone is 28. The Morgan fingerprint density at radius 1 is 0.309 bits per heavy atom. The van der Waals surface area contributed by atoms with Crippen molar-refractivity contribution >= 4 is 19.8 Å². The third kappa shape index (κ3) is 80.2. The molecule has 0 aromatic carbocycles. The molecular weight excluding hydrogens is 1220 g/mol.